The fourth-order valence-corrected chi connectivity index (χ4v) is 3.46. The topological polar surface area (TPSA) is 88.0 Å². The van der Waals surface area contributed by atoms with E-state index >= 15 is 0 Å². The zero-order valence-corrected chi connectivity index (χ0v) is 13.4. The molecule has 22 heavy (non-hydrogen) atoms. The number of aryl methyl sites for hydroxylation is 1. The lowest BCUT2D eigenvalue weighted by atomic mass is 9.95. The van der Waals surface area contributed by atoms with Crippen LogP contribution in [0, 0.1) is 0 Å². The summed E-state index contributed by atoms with van der Waals surface area (Å²) in [6.45, 7) is 3.06. The molecule has 0 spiro atoms. The smallest absolute Gasteiger partial charge is 0.209 e. The number of sulfonamides is 1. The van der Waals surface area contributed by atoms with Crippen LogP contribution in [0.25, 0.3) is 16.5 Å². The van der Waals surface area contributed by atoms with Gasteiger partial charge in [0.05, 0.1) is 5.75 Å². The van der Waals surface area contributed by atoms with Crippen molar-refractivity contribution in [3.05, 3.63) is 41.6 Å². The first-order valence-electron chi connectivity index (χ1n) is 7.45. The van der Waals surface area contributed by atoms with Crippen molar-refractivity contribution in [2.75, 3.05) is 12.3 Å². The number of nitrogens with two attached hydrogens (primary N) is 1. The lowest BCUT2D eigenvalue weighted by Gasteiger charge is -2.20. The van der Waals surface area contributed by atoms with E-state index in [1.807, 2.05) is 18.3 Å². The van der Waals surface area contributed by atoms with Crippen LogP contribution >= 0.6 is 0 Å². The van der Waals surface area contributed by atoms with E-state index in [0.717, 1.165) is 29.4 Å². The first-order valence-corrected chi connectivity index (χ1v) is 9.17. The van der Waals surface area contributed by atoms with Crippen molar-refractivity contribution < 1.29 is 8.42 Å². The van der Waals surface area contributed by atoms with Gasteiger partial charge in [-0.1, -0.05) is 12.1 Å². The number of hydrogen-bond donors (Lipinski definition) is 3. The van der Waals surface area contributed by atoms with E-state index in [9.17, 15) is 8.42 Å². The van der Waals surface area contributed by atoms with E-state index < -0.39 is 10.0 Å². The molecule has 1 aliphatic heterocycles. The Kier molecular flexibility index (Phi) is 4.08. The Labute approximate surface area is 130 Å². The van der Waals surface area contributed by atoms with Crippen LogP contribution < -0.4 is 10.5 Å². The highest BCUT2D eigenvalue weighted by Gasteiger charge is 2.15. The lowest BCUT2D eigenvalue weighted by molar-refractivity contribution is 0.579. The molecule has 0 amide bonds. The molecular weight excluding hydrogens is 298 g/mol. The van der Waals surface area contributed by atoms with E-state index in [-0.39, 0.29) is 5.75 Å². The molecule has 0 saturated carbocycles. The van der Waals surface area contributed by atoms with Gasteiger partial charge < -0.3 is 10.3 Å². The third kappa shape index (κ3) is 3.40. The van der Waals surface area contributed by atoms with E-state index in [4.69, 9.17) is 5.14 Å². The van der Waals surface area contributed by atoms with Crippen LogP contribution in [0.15, 0.2) is 30.5 Å². The normalized spacial score (nSPS) is 19.4. The predicted octanol–water partition coefficient (Wildman–Crippen LogP) is 1.76. The fraction of sp³-hybridized carbons (Fsp3) is 0.375. The number of nitrogens with one attached hydrogen (secondary N) is 2. The molecule has 6 heteroatoms. The van der Waals surface area contributed by atoms with Crippen LogP contribution in [0.5, 0.6) is 0 Å². The third-order valence-corrected chi connectivity index (χ3v) is 4.88. The number of hydrogen-bond acceptors (Lipinski definition) is 3. The maximum atomic E-state index is 11.1. The maximum Gasteiger partial charge on any atom is 0.209 e. The van der Waals surface area contributed by atoms with Gasteiger partial charge in [0.25, 0.3) is 0 Å². The van der Waals surface area contributed by atoms with E-state index in [0.29, 0.717) is 12.5 Å². The fourth-order valence-electron chi connectivity index (χ4n) is 2.94. The zero-order valence-electron chi connectivity index (χ0n) is 12.6. The Hall–Kier alpha value is -1.63. The Balaban J connectivity index is 1.93. The van der Waals surface area contributed by atoms with Crippen LogP contribution in [-0.4, -0.2) is 31.7 Å². The van der Waals surface area contributed by atoms with Crippen LogP contribution in [0.4, 0.5) is 0 Å². The van der Waals surface area contributed by atoms with E-state index in [1.165, 1.54) is 11.1 Å². The summed E-state index contributed by atoms with van der Waals surface area (Å²) in [6.07, 6.45) is 5.70. The molecule has 2 aromatic rings. The monoisotopic (exact) mass is 319 g/mol. The second kappa shape index (κ2) is 5.87. The summed E-state index contributed by atoms with van der Waals surface area (Å²) < 4.78 is 22.2. The summed E-state index contributed by atoms with van der Waals surface area (Å²) in [7, 11) is -3.43. The zero-order chi connectivity index (χ0) is 15.7. The Bertz CT molecular complexity index is 821. The number of rotatable bonds is 4. The molecule has 1 unspecified atom stereocenters. The predicted molar refractivity (Wildman–Crippen MR) is 90.0 cm³/mol. The average Bonchev–Trinajstić information content (AvgIpc) is 2.87. The molecule has 1 atom stereocenters. The average molecular weight is 319 g/mol. The summed E-state index contributed by atoms with van der Waals surface area (Å²) >= 11 is 0. The van der Waals surface area contributed by atoms with Crippen molar-refractivity contribution >= 4 is 26.5 Å². The van der Waals surface area contributed by atoms with Crippen molar-refractivity contribution in [1.29, 1.82) is 0 Å². The minimum Gasteiger partial charge on any atom is -0.361 e. The van der Waals surface area contributed by atoms with Gasteiger partial charge in [0, 0.05) is 35.2 Å². The summed E-state index contributed by atoms with van der Waals surface area (Å²) in [4.78, 5) is 3.30. The Morgan fingerprint density at radius 3 is 2.91 bits per heavy atom. The Morgan fingerprint density at radius 2 is 2.18 bits per heavy atom. The van der Waals surface area contributed by atoms with Gasteiger partial charge in [-0.2, -0.15) is 0 Å². The van der Waals surface area contributed by atoms with Crippen molar-refractivity contribution in [3.8, 4) is 0 Å². The number of primary sulfonamides is 1. The first kappa shape index (κ1) is 15.3. The largest absolute Gasteiger partial charge is 0.361 e. The second-order valence-corrected chi connectivity index (χ2v) is 7.68. The molecular formula is C16H21N3O2S. The minimum atomic E-state index is -3.43. The van der Waals surface area contributed by atoms with Gasteiger partial charge in [0.1, 0.15) is 0 Å². The van der Waals surface area contributed by atoms with Crippen LogP contribution in [0.3, 0.4) is 0 Å². The highest BCUT2D eigenvalue weighted by molar-refractivity contribution is 7.89. The standard InChI is InChI=1S/C16H21N3O2S/c1-11-8-13(4-6-18-11)15-10-19-16-3-2-12(9-14(15)16)5-7-22(17,20)21/h2-4,9-11,18-19H,5-8H2,1H3,(H2,17,20,21). The van der Waals surface area contributed by atoms with Crippen LogP contribution in [-0.2, 0) is 16.4 Å². The second-order valence-electron chi connectivity index (χ2n) is 5.94. The number of H-pyrrole nitrogens is 1. The molecule has 0 bridgehead atoms. The lowest BCUT2D eigenvalue weighted by Crippen LogP contribution is -2.29. The quantitative estimate of drug-likeness (QED) is 0.802. The van der Waals surface area contributed by atoms with Gasteiger partial charge >= 0.3 is 0 Å². The highest BCUT2D eigenvalue weighted by atomic mass is 32.2. The van der Waals surface area contributed by atoms with Gasteiger partial charge in [-0.25, -0.2) is 13.6 Å². The molecule has 0 saturated heterocycles. The molecule has 1 aromatic carbocycles. The van der Waals surface area contributed by atoms with E-state index in [2.05, 4.69) is 29.4 Å². The van der Waals surface area contributed by atoms with Crippen molar-refractivity contribution in [3.63, 3.8) is 0 Å². The van der Waals surface area contributed by atoms with Crippen molar-refractivity contribution in [2.24, 2.45) is 5.14 Å². The molecule has 0 fully saturated rings. The SMILES string of the molecule is CC1CC(c2c[nH]c3ccc(CCS(N)(=O)=O)cc23)=CCN1. The van der Waals surface area contributed by atoms with Crippen molar-refractivity contribution in [1.82, 2.24) is 10.3 Å². The minimum absolute atomic E-state index is 0.0259. The van der Waals surface area contributed by atoms with E-state index in [1.54, 1.807) is 0 Å². The molecule has 1 aliphatic rings. The maximum absolute atomic E-state index is 11.1. The molecule has 5 nitrogen and oxygen atoms in total. The molecule has 2 heterocycles. The summed E-state index contributed by atoms with van der Waals surface area (Å²) in [5, 5.41) is 9.64. The van der Waals surface area contributed by atoms with Gasteiger partial charge in [-0.3, -0.25) is 0 Å². The van der Waals surface area contributed by atoms with Crippen LogP contribution in [0.2, 0.25) is 0 Å². The number of benzene rings is 1. The summed E-state index contributed by atoms with van der Waals surface area (Å²) in [5.74, 6) is -0.0259. The molecule has 0 radical (unpaired) electrons. The molecule has 0 aliphatic carbocycles. The van der Waals surface area contributed by atoms with Gasteiger partial charge in [-0.05, 0) is 43.0 Å². The van der Waals surface area contributed by atoms with Crippen molar-refractivity contribution in [2.45, 2.75) is 25.8 Å². The summed E-state index contributed by atoms with van der Waals surface area (Å²) in [5.41, 5.74) is 4.60. The molecule has 3 rings (SSSR count). The molecule has 4 N–H and O–H groups in total. The van der Waals surface area contributed by atoms with Gasteiger partial charge in [0.15, 0.2) is 0 Å². The highest BCUT2D eigenvalue weighted by Crippen LogP contribution is 2.30. The molecule has 1 aromatic heterocycles. The number of aromatic amines is 1. The third-order valence-electron chi connectivity index (χ3n) is 4.11. The Morgan fingerprint density at radius 1 is 1.36 bits per heavy atom. The summed E-state index contributed by atoms with van der Waals surface area (Å²) in [6, 6.07) is 6.49. The number of aromatic nitrogens is 1. The number of fused-ring (bicyclic) bond motifs is 1. The first-order chi connectivity index (χ1) is 10.4. The van der Waals surface area contributed by atoms with Gasteiger partial charge in [-0.15, -0.1) is 0 Å². The van der Waals surface area contributed by atoms with Gasteiger partial charge in [0.2, 0.25) is 10.0 Å². The molecule has 118 valence electrons. The van der Waals surface area contributed by atoms with Crippen LogP contribution in [0.1, 0.15) is 24.5 Å².